The first-order valence-electron chi connectivity index (χ1n) is 8.26. The number of anilines is 1. The van der Waals surface area contributed by atoms with Gasteiger partial charge >= 0.3 is 12.1 Å². The molecule has 0 aliphatic rings. The van der Waals surface area contributed by atoms with Gasteiger partial charge in [0.2, 0.25) is 5.91 Å². The van der Waals surface area contributed by atoms with E-state index in [0.717, 1.165) is 16.9 Å². The zero-order valence-electron chi connectivity index (χ0n) is 15.1. The van der Waals surface area contributed by atoms with E-state index in [-0.39, 0.29) is 6.61 Å². The summed E-state index contributed by atoms with van der Waals surface area (Å²) in [6, 6.07) is 7.17. The van der Waals surface area contributed by atoms with Crippen molar-refractivity contribution in [3.63, 3.8) is 0 Å². The van der Waals surface area contributed by atoms with E-state index in [0.29, 0.717) is 22.3 Å². The van der Waals surface area contributed by atoms with Crippen LogP contribution in [-0.2, 0) is 27.0 Å². The van der Waals surface area contributed by atoms with Crippen LogP contribution in [-0.4, -0.2) is 40.4 Å². The number of pyridine rings is 1. The summed E-state index contributed by atoms with van der Waals surface area (Å²) in [5.74, 6) is -0.829. The van der Waals surface area contributed by atoms with E-state index in [1.54, 1.807) is 18.2 Å². The van der Waals surface area contributed by atoms with Crippen molar-refractivity contribution in [2.75, 3.05) is 19.0 Å². The Labute approximate surface area is 162 Å². The first-order valence-corrected chi connectivity index (χ1v) is 8.26. The lowest BCUT2D eigenvalue weighted by Crippen LogP contribution is -2.20. The fraction of sp³-hybridized carbons (Fsp3) is 0.222. The summed E-state index contributed by atoms with van der Waals surface area (Å²) < 4.78 is 48.6. The van der Waals surface area contributed by atoms with Crippen molar-refractivity contribution in [2.45, 2.75) is 12.7 Å². The summed E-state index contributed by atoms with van der Waals surface area (Å²) in [4.78, 5) is 27.7. The van der Waals surface area contributed by atoms with Crippen molar-refractivity contribution < 1.29 is 32.2 Å². The second kappa shape index (κ2) is 8.17. The fourth-order valence-electron chi connectivity index (χ4n) is 2.51. The Morgan fingerprint density at radius 3 is 2.69 bits per heavy atom. The number of methoxy groups -OCH3 is 1. The van der Waals surface area contributed by atoms with Crippen LogP contribution in [0, 0.1) is 0 Å². The van der Waals surface area contributed by atoms with E-state index in [1.165, 1.54) is 19.4 Å². The van der Waals surface area contributed by atoms with Crippen molar-refractivity contribution in [1.82, 2.24) is 14.8 Å². The number of carbonyl (C=O) groups excluding carboxylic acids is 2. The van der Waals surface area contributed by atoms with Crippen molar-refractivity contribution in [3.05, 3.63) is 48.4 Å². The van der Waals surface area contributed by atoms with E-state index >= 15 is 0 Å². The van der Waals surface area contributed by atoms with Crippen LogP contribution in [0.3, 0.4) is 0 Å². The predicted molar refractivity (Wildman–Crippen MR) is 95.1 cm³/mol. The Bertz CT molecular complexity index is 1050. The largest absolute Gasteiger partial charge is 0.480 e. The maximum Gasteiger partial charge on any atom is 0.435 e. The van der Waals surface area contributed by atoms with Crippen LogP contribution in [0.1, 0.15) is 5.69 Å². The van der Waals surface area contributed by atoms with E-state index in [4.69, 9.17) is 4.74 Å². The van der Waals surface area contributed by atoms with Gasteiger partial charge in [-0.1, -0.05) is 0 Å². The van der Waals surface area contributed by atoms with Crippen LogP contribution in [0.2, 0.25) is 0 Å². The van der Waals surface area contributed by atoms with E-state index in [2.05, 4.69) is 20.1 Å². The molecule has 2 heterocycles. The maximum atomic E-state index is 12.6. The highest BCUT2D eigenvalue weighted by Gasteiger charge is 2.33. The average Bonchev–Trinajstić information content (AvgIpc) is 3.16. The fourth-order valence-corrected chi connectivity index (χ4v) is 2.51. The van der Waals surface area contributed by atoms with Gasteiger partial charge in [-0.2, -0.15) is 18.3 Å². The van der Waals surface area contributed by atoms with Crippen molar-refractivity contribution in [2.24, 2.45) is 0 Å². The van der Waals surface area contributed by atoms with Crippen LogP contribution in [0.4, 0.5) is 18.9 Å². The Morgan fingerprint density at radius 2 is 2.00 bits per heavy atom. The first kappa shape index (κ1) is 20.1. The number of fused-ring (bicyclic) bond motifs is 1. The number of amides is 1. The highest BCUT2D eigenvalue weighted by atomic mass is 19.4. The molecular formula is C18H15F3N4O4. The van der Waals surface area contributed by atoms with Crippen molar-refractivity contribution in [1.29, 1.82) is 0 Å². The summed E-state index contributed by atoms with van der Waals surface area (Å²) in [6.45, 7) is -0.715. The molecule has 1 N–H and O–H groups in total. The quantitative estimate of drug-likeness (QED) is 0.630. The third kappa shape index (κ3) is 4.81. The predicted octanol–water partition coefficient (Wildman–Crippen LogP) is 2.64. The zero-order chi connectivity index (χ0) is 21.0. The van der Waals surface area contributed by atoms with Gasteiger partial charge < -0.3 is 14.8 Å². The van der Waals surface area contributed by atoms with Gasteiger partial charge in [-0.05, 0) is 30.3 Å². The van der Waals surface area contributed by atoms with Gasteiger partial charge in [-0.3, -0.25) is 14.5 Å². The van der Waals surface area contributed by atoms with Crippen LogP contribution in [0.15, 0.2) is 42.7 Å². The normalized spacial score (nSPS) is 11.3. The number of alkyl halides is 3. The Kier molecular flexibility index (Phi) is 5.66. The Hall–Kier alpha value is -3.63. The maximum absolute atomic E-state index is 12.6. The second-order valence-electron chi connectivity index (χ2n) is 5.82. The molecule has 3 rings (SSSR count). The lowest BCUT2D eigenvalue weighted by atomic mass is 10.1. The number of nitrogens with zero attached hydrogens (tertiary/aromatic N) is 3. The molecule has 0 atom stereocenters. The number of carbonyl (C=O) groups is 2. The minimum atomic E-state index is -4.58. The average molecular weight is 408 g/mol. The lowest BCUT2D eigenvalue weighted by Gasteiger charge is -2.12. The molecule has 0 unspecified atom stereocenters. The SMILES string of the molecule is COC(=O)COc1ccc(NC(=O)Cn2ccc(C(F)(F)F)n2)c2cccnc12. The lowest BCUT2D eigenvalue weighted by molar-refractivity contribution is -0.143. The number of esters is 1. The highest BCUT2D eigenvalue weighted by Crippen LogP contribution is 2.30. The molecule has 0 aliphatic heterocycles. The third-order valence-corrected chi connectivity index (χ3v) is 3.82. The third-order valence-electron chi connectivity index (χ3n) is 3.82. The highest BCUT2D eigenvalue weighted by molar-refractivity contribution is 6.02. The summed E-state index contributed by atoms with van der Waals surface area (Å²) >= 11 is 0. The minimum absolute atomic E-state index is 0.311. The molecule has 0 fully saturated rings. The first-order chi connectivity index (χ1) is 13.8. The molecule has 152 valence electrons. The molecule has 29 heavy (non-hydrogen) atoms. The van der Waals surface area contributed by atoms with Gasteiger partial charge in [0.15, 0.2) is 12.3 Å². The molecule has 0 spiro atoms. The van der Waals surface area contributed by atoms with Crippen LogP contribution in [0.5, 0.6) is 5.75 Å². The van der Waals surface area contributed by atoms with E-state index in [1.807, 2.05) is 0 Å². The molecule has 0 bridgehead atoms. The summed E-state index contributed by atoms with van der Waals surface area (Å²) in [7, 11) is 1.23. The van der Waals surface area contributed by atoms with Crippen molar-refractivity contribution >= 4 is 28.5 Å². The van der Waals surface area contributed by atoms with Crippen LogP contribution < -0.4 is 10.1 Å². The number of benzene rings is 1. The summed E-state index contributed by atoms with van der Waals surface area (Å²) in [6.07, 6.45) is -1.99. The van der Waals surface area contributed by atoms with Gasteiger partial charge in [0.1, 0.15) is 17.8 Å². The molecule has 0 saturated carbocycles. The smallest absolute Gasteiger partial charge is 0.435 e. The number of hydrogen-bond donors (Lipinski definition) is 1. The van der Waals surface area contributed by atoms with E-state index in [9.17, 15) is 22.8 Å². The molecule has 8 nitrogen and oxygen atoms in total. The molecule has 2 aromatic heterocycles. The Balaban J connectivity index is 1.77. The summed E-state index contributed by atoms with van der Waals surface area (Å²) in [5.41, 5.74) is -0.300. The van der Waals surface area contributed by atoms with Gasteiger partial charge in [0.05, 0.1) is 12.8 Å². The van der Waals surface area contributed by atoms with Gasteiger partial charge in [-0.15, -0.1) is 0 Å². The molecule has 11 heteroatoms. The molecule has 0 saturated heterocycles. The molecule has 0 radical (unpaired) electrons. The van der Waals surface area contributed by atoms with E-state index < -0.39 is 30.3 Å². The number of halogens is 3. The minimum Gasteiger partial charge on any atom is -0.480 e. The molecule has 3 aromatic rings. The number of hydrogen-bond acceptors (Lipinski definition) is 6. The Morgan fingerprint density at radius 1 is 1.21 bits per heavy atom. The molecule has 1 aromatic carbocycles. The van der Waals surface area contributed by atoms with Gasteiger partial charge in [0.25, 0.3) is 0 Å². The topological polar surface area (TPSA) is 95.3 Å². The van der Waals surface area contributed by atoms with Crippen molar-refractivity contribution in [3.8, 4) is 5.75 Å². The number of nitrogens with one attached hydrogen (secondary N) is 1. The number of aromatic nitrogens is 3. The van der Waals surface area contributed by atoms with Crippen LogP contribution >= 0.6 is 0 Å². The molecular weight excluding hydrogens is 393 g/mol. The molecule has 0 aliphatic carbocycles. The molecule has 1 amide bonds. The summed E-state index contributed by atoms with van der Waals surface area (Å²) in [5, 5.41) is 6.49. The monoisotopic (exact) mass is 408 g/mol. The van der Waals surface area contributed by atoms with Crippen LogP contribution in [0.25, 0.3) is 10.9 Å². The standard InChI is InChI=1S/C18H15F3N4O4/c1-28-16(27)10-29-13-5-4-12(11-3-2-7-22-17(11)13)23-15(26)9-25-8-6-14(24-25)18(19,20)21/h2-8H,9-10H2,1H3,(H,23,26). The van der Waals surface area contributed by atoms with Gasteiger partial charge in [-0.25, -0.2) is 4.79 Å². The number of rotatable bonds is 6. The number of ether oxygens (including phenoxy) is 2. The van der Waals surface area contributed by atoms with Gasteiger partial charge in [0, 0.05) is 17.8 Å². The second-order valence-corrected chi connectivity index (χ2v) is 5.82. The zero-order valence-corrected chi connectivity index (χ0v) is 15.1.